The molecular weight excluding hydrogens is 344 g/mol. The summed E-state index contributed by atoms with van der Waals surface area (Å²) in [4.78, 5) is 27.2. The first kappa shape index (κ1) is 18.0. The quantitative estimate of drug-likeness (QED) is 0.794. The summed E-state index contributed by atoms with van der Waals surface area (Å²) in [7, 11) is 0. The standard InChI is InChI=1S/C19H26N6O2/c26-16(22-15-8-11-25(13-15)12-14-4-1-2-5-14)6-7-17-23-19(24-27-17)18-20-9-3-10-21-18/h3,9-10,14-15H,1-2,4-8,11-13H2,(H,22,26). The van der Waals surface area contributed by atoms with Crippen molar-refractivity contribution in [3.8, 4) is 11.6 Å². The van der Waals surface area contributed by atoms with Crippen LogP contribution in [0.15, 0.2) is 23.0 Å². The van der Waals surface area contributed by atoms with Gasteiger partial charge in [-0.3, -0.25) is 4.79 Å². The van der Waals surface area contributed by atoms with Gasteiger partial charge in [0, 0.05) is 50.9 Å². The molecule has 1 aliphatic heterocycles. The molecule has 1 aliphatic carbocycles. The molecule has 27 heavy (non-hydrogen) atoms. The predicted molar refractivity (Wildman–Crippen MR) is 98.6 cm³/mol. The predicted octanol–water partition coefficient (Wildman–Crippen LogP) is 1.84. The minimum Gasteiger partial charge on any atom is -0.352 e. The molecule has 1 unspecified atom stereocenters. The summed E-state index contributed by atoms with van der Waals surface area (Å²) in [6.45, 7) is 3.25. The molecule has 3 heterocycles. The van der Waals surface area contributed by atoms with Gasteiger partial charge >= 0.3 is 0 Å². The number of likely N-dealkylation sites (tertiary alicyclic amines) is 1. The third-order valence-electron chi connectivity index (χ3n) is 5.43. The van der Waals surface area contributed by atoms with Gasteiger partial charge in [0.25, 0.3) is 0 Å². The van der Waals surface area contributed by atoms with Gasteiger partial charge in [-0.25, -0.2) is 9.97 Å². The van der Waals surface area contributed by atoms with E-state index in [0.29, 0.717) is 30.4 Å². The monoisotopic (exact) mass is 370 g/mol. The highest BCUT2D eigenvalue weighted by molar-refractivity contribution is 5.76. The van der Waals surface area contributed by atoms with Crippen molar-refractivity contribution in [2.75, 3.05) is 19.6 Å². The average molecular weight is 370 g/mol. The van der Waals surface area contributed by atoms with Gasteiger partial charge in [-0.2, -0.15) is 4.98 Å². The lowest BCUT2D eigenvalue weighted by atomic mass is 10.1. The van der Waals surface area contributed by atoms with Crippen LogP contribution in [-0.2, 0) is 11.2 Å². The Balaban J connectivity index is 1.19. The molecule has 8 nitrogen and oxygen atoms in total. The lowest BCUT2D eigenvalue weighted by Crippen LogP contribution is -2.37. The lowest BCUT2D eigenvalue weighted by Gasteiger charge is -2.20. The SMILES string of the molecule is O=C(CCc1nc(-c2ncccn2)no1)NC1CCN(CC2CCCC2)C1. The minimum atomic E-state index is 0.0402. The van der Waals surface area contributed by atoms with Crippen LogP contribution in [0, 0.1) is 5.92 Å². The van der Waals surface area contributed by atoms with Crippen LogP contribution >= 0.6 is 0 Å². The maximum absolute atomic E-state index is 12.3. The van der Waals surface area contributed by atoms with Crippen LogP contribution in [0.4, 0.5) is 0 Å². The minimum absolute atomic E-state index is 0.0402. The second kappa shape index (κ2) is 8.56. The Morgan fingerprint density at radius 3 is 2.81 bits per heavy atom. The summed E-state index contributed by atoms with van der Waals surface area (Å²) < 4.78 is 5.20. The van der Waals surface area contributed by atoms with E-state index in [4.69, 9.17) is 4.52 Å². The normalized spacial score (nSPS) is 21.0. The van der Waals surface area contributed by atoms with Gasteiger partial charge in [0.2, 0.25) is 23.4 Å². The molecule has 4 rings (SSSR count). The zero-order valence-electron chi connectivity index (χ0n) is 15.5. The molecule has 8 heteroatoms. The van der Waals surface area contributed by atoms with E-state index in [0.717, 1.165) is 25.4 Å². The maximum atomic E-state index is 12.3. The molecule has 1 N–H and O–H groups in total. The molecule has 0 spiro atoms. The van der Waals surface area contributed by atoms with Gasteiger partial charge in [0.15, 0.2) is 0 Å². The van der Waals surface area contributed by atoms with Gasteiger partial charge in [-0.1, -0.05) is 18.0 Å². The maximum Gasteiger partial charge on any atom is 0.240 e. The number of rotatable bonds is 7. The highest BCUT2D eigenvalue weighted by Crippen LogP contribution is 2.26. The molecule has 2 aliphatic rings. The van der Waals surface area contributed by atoms with Crippen molar-refractivity contribution >= 4 is 5.91 Å². The van der Waals surface area contributed by atoms with Gasteiger partial charge in [0.1, 0.15) is 0 Å². The number of nitrogens with zero attached hydrogens (tertiary/aromatic N) is 5. The van der Waals surface area contributed by atoms with Crippen LogP contribution in [-0.4, -0.2) is 56.6 Å². The fourth-order valence-corrected chi connectivity index (χ4v) is 4.06. The second-order valence-corrected chi connectivity index (χ2v) is 7.55. The van der Waals surface area contributed by atoms with Crippen molar-refractivity contribution in [1.29, 1.82) is 0 Å². The summed E-state index contributed by atoms with van der Waals surface area (Å²) in [5, 5.41) is 7.02. The van der Waals surface area contributed by atoms with E-state index in [-0.39, 0.29) is 11.9 Å². The van der Waals surface area contributed by atoms with Crippen molar-refractivity contribution in [1.82, 2.24) is 30.3 Å². The van der Waals surface area contributed by atoms with E-state index in [1.54, 1.807) is 18.5 Å². The van der Waals surface area contributed by atoms with E-state index in [1.807, 2.05) is 0 Å². The highest BCUT2D eigenvalue weighted by atomic mass is 16.5. The van der Waals surface area contributed by atoms with Crippen molar-refractivity contribution in [3.63, 3.8) is 0 Å². The fraction of sp³-hybridized carbons (Fsp3) is 0.632. The molecule has 144 valence electrons. The largest absolute Gasteiger partial charge is 0.352 e. The number of hydrogen-bond acceptors (Lipinski definition) is 7. The number of aryl methyl sites for hydroxylation is 1. The summed E-state index contributed by atoms with van der Waals surface area (Å²) in [5.41, 5.74) is 0. The van der Waals surface area contributed by atoms with E-state index < -0.39 is 0 Å². The molecule has 2 aromatic heterocycles. The summed E-state index contributed by atoms with van der Waals surface area (Å²) in [5.74, 6) is 2.11. The molecule has 0 aromatic carbocycles. The van der Waals surface area contributed by atoms with Crippen molar-refractivity contribution in [2.45, 2.75) is 51.0 Å². The van der Waals surface area contributed by atoms with Crippen LogP contribution in [0.1, 0.15) is 44.4 Å². The first-order chi connectivity index (χ1) is 13.3. The first-order valence-electron chi connectivity index (χ1n) is 9.88. The number of amides is 1. The fourth-order valence-electron chi connectivity index (χ4n) is 4.06. The summed E-state index contributed by atoms with van der Waals surface area (Å²) >= 11 is 0. The Kier molecular flexibility index (Phi) is 5.72. The zero-order valence-corrected chi connectivity index (χ0v) is 15.5. The van der Waals surface area contributed by atoms with Crippen LogP contribution in [0.5, 0.6) is 0 Å². The van der Waals surface area contributed by atoms with E-state index in [2.05, 4.69) is 30.3 Å². The summed E-state index contributed by atoms with van der Waals surface area (Å²) in [6.07, 6.45) is 10.6. The topological polar surface area (TPSA) is 97.0 Å². The van der Waals surface area contributed by atoms with E-state index in [9.17, 15) is 4.79 Å². The Morgan fingerprint density at radius 2 is 2.00 bits per heavy atom. The summed E-state index contributed by atoms with van der Waals surface area (Å²) in [6, 6.07) is 1.99. The molecule has 1 saturated heterocycles. The Bertz CT molecular complexity index is 744. The number of hydrogen-bond donors (Lipinski definition) is 1. The molecule has 1 amide bonds. The molecule has 0 bridgehead atoms. The Hall–Kier alpha value is -2.35. The second-order valence-electron chi connectivity index (χ2n) is 7.55. The average Bonchev–Trinajstić information content (AvgIpc) is 3.44. The third kappa shape index (κ3) is 4.88. The molecular formula is C19H26N6O2. The number of carbonyl (C=O) groups excluding carboxylic acids is 1. The molecule has 0 radical (unpaired) electrons. The highest BCUT2D eigenvalue weighted by Gasteiger charge is 2.27. The molecule has 1 atom stereocenters. The molecule has 1 saturated carbocycles. The van der Waals surface area contributed by atoms with Crippen LogP contribution in [0.2, 0.25) is 0 Å². The van der Waals surface area contributed by atoms with Gasteiger partial charge in [-0.15, -0.1) is 0 Å². The van der Waals surface area contributed by atoms with Gasteiger partial charge in [-0.05, 0) is 31.2 Å². The third-order valence-corrected chi connectivity index (χ3v) is 5.43. The number of nitrogens with one attached hydrogen (secondary N) is 1. The van der Waals surface area contributed by atoms with Crippen molar-refractivity contribution in [2.24, 2.45) is 5.92 Å². The van der Waals surface area contributed by atoms with Crippen LogP contribution in [0.3, 0.4) is 0 Å². The molecule has 2 fully saturated rings. The van der Waals surface area contributed by atoms with Gasteiger partial charge in [0.05, 0.1) is 0 Å². The zero-order chi connectivity index (χ0) is 18.5. The Morgan fingerprint density at radius 1 is 1.19 bits per heavy atom. The number of aromatic nitrogens is 4. The smallest absolute Gasteiger partial charge is 0.240 e. The van der Waals surface area contributed by atoms with Crippen molar-refractivity contribution in [3.05, 3.63) is 24.4 Å². The lowest BCUT2D eigenvalue weighted by molar-refractivity contribution is -0.121. The van der Waals surface area contributed by atoms with E-state index >= 15 is 0 Å². The Labute approximate surface area is 158 Å². The van der Waals surface area contributed by atoms with Crippen LogP contribution < -0.4 is 5.32 Å². The first-order valence-corrected chi connectivity index (χ1v) is 9.88. The van der Waals surface area contributed by atoms with Gasteiger partial charge < -0.3 is 14.7 Å². The number of carbonyl (C=O) groups is 1. The van der Waals surface area contributed by atoms with E-state index in [1.165, 1.54) is 32.2 Å². The van der Waals surface area contributed by atoms with Crippen molar-refractivity contribution < 1.29 is 9.32 Å². The van der Waals surface area contributed by atoms with Crippen LogP contribution in [0.25, 0.3) is 11.6 Å². The molecule has 2 aromatic rings.